The van der Waals surface area contributed by atoms with Gasteiger partial charge >= 0.3 is 12.1 Å². The predicted molar refractivity (Wildman–Crippen MR) is 162 cm³/mol. The lowest BCUT2D eigenvalue weighted by molar-refractivity contribution is -0.150. The number of benzene rings is 3. The first kappa shape index (κ1) is 31.6. The zero-order valence-electron chi connectivity index (χ0n) is 24.5. The van der Waals surface area contributed by atoms with Gasteiger partial charge in [-0.3, -0.25) is 4.90 Å². The minimum Gasteiger partial charge on any atom is -0.464 e. The first-order valence-corrected chi connectivity index (χ1v) is 14.5. The van der Waals surface area contributed by atoms with Gasteiger partial charge in [-0.1, -0.05) is 123 Å². The quantitative estimate of drug-likeness (QED) is 0.102. The minimum absolute atomic E-state index is 0.112. The summed E-state index contributed by atoms with van der Waals surface area (Å²) < 4.78 is 17.3. The van der Waals surface area contributed by atoms with Crippen LogP contribution in [-0.4, -0.2) is 36.2 Å². The molecule has 0 heterocycles. The van der Waals surface area contributed by atoms with Crippen LogP contribution in [0.1, 0.15) is 62.8 Å². The van der Waals surface area contributed by atoms with Crippen LogP contribution in [0.5, 0.6) is 0 Å². The van der Waals surface area contributed by atoms with E-state index in [1.165, 1.54) is 4.90 Å². The Kier molecular flexibility index (Phi) is 13.7. The largest absolute Gasteiger partial charge is 0.464 e. The Labute approximate surface area is 244 Å². The van der Waals surface area contributed by atoms with Crippen LogP contribution < -0.4 is 0 Å². The first-order valence-electron chi connectivity index (χ1n) is 14.5. The molecule has 3 atom stereocenters. The van der Waals surface area contributed by atoms with Gasteiger partial charge in [0.05, 0.1) is 25.9 Å². The average molecular weight is 558 g/mol. The Morgan fingerprint density at radius 1 is 0.805 bits per heavy atom. The normalized spacial score (nSPS) is 13.3. The number of esters is 1. The van der Waals surface area contributed by atoms with Gasteiger partial charge in [0, 0.05) is 0 Å². The highest BCUT2D eigenvalue weighted by Crippen LogP contribution is 2.26. The van der Waals surface area contributed by atoms with Crippen molar-refractivity contribution in [3.63, 3.8) is 0 Å². The maximum atomic E-state index is 13.6. The molecule has 0 aromatic heterocycles. The number of carbonyl (C=O) groups excluding carboxylic acids is 2. The van der Waals surface area contributed by atoms with E-state index in [9.17, 15) is 9.59 Å². The molecule has 218 valence electrons. The van der Waals surface area contributed by atoms with Crippen molar-refractivity contribution in [3.05, 3.63) is 120 Å². The number of rotatable bonds is 16. The molecule has 0 unspecified atom stereocenters. The van der Waals surface area contributed by atoms with Crippen LogP contribution in [0.3, 0.4) is 0 Å². The monoisotopic (exact) mass is 557 g/mol. The summed E-state index contributed by atoms with van der Waals surface area (Å²) in [5, 5.41) is 0. The molecule has 6 heteroatoms. The molecule has 3 rings (SSSR count). The Balaban J connectivity index is 1.76. The molecule has 3 aromatic carbocycles. The second kappa shape index (κ2) is 17.7. The van der Waals surface area contributed by atoms with Crippen LogP contribution in [0.4, 0.5) is 4.79 Å². The molecule has 0 fully saturated rings. The predicted octanol–water partition coefficient (Wildman–Crippen LogP) is 7.90. The molecule has 0 saturated heterocycles. The molecule has 41 heavy (non-hydrogen) atoms. The van der Waals surface area contributed by atoms with Gasteiger partial charge in [0.15, 0.2) is 0 Å². The lowest BCUT2D eigenvalue weighted by Gasteiger charge is -2.34. The standard InChI is InChI=1S/C35H43NO5/c1-4-5-24-40-34(37)33(23-15-16-28(2)25-39-26-30-17-9-6-10-18-30)36(29(3)32-21-13-8-14-22-32)35(38)41-27-31-19-11-7-12-20-31/h6-22,28-29,33H,4-5,23-27H2,1-3H3/b16-15+/t28-,29+,33+/m1/s1. The lowest BCUT2D eigenvalue weighted by atomic mass is 10.0. The molecule has 0 bridgehead atoms. The van der Waals surface area contributed by atoms with Gasteiger partial charge in [0.1, 0.15) is 12.6 Å². The third-order valence-corrected chi connectivity index (χ3v) is 6.78. The van der Waals surface area contributed by atoms with Crippen molar-refractivity contribution in [2.24, 2.45) is 5.92 Å². The Morgan fingerprint density at radius 2 is 1.39 bits per heavy atom. The minimum atomic E-state index is -0.848. The first-order chi connectivity index (χ1) is 20.0. The molecule has 0 radical (unpaired) electrons. The molecule has 0 spiro atoms. The summed E-state index contributed by atoms with van der Waals surface area (Å²) in [6, 6.07) is 28.0. The van der Waals surface area contributed by atoms with Gasteiger partial charge in [-0.05, 0) is 42.4 Å². The van der Waals surface area contributed by atoms with E-state index in [-0.39, 0.29) is 12.5 Å². The number of amides is 1. The highest BCUT2D eigenvalue weighted by molar-refractivity contribution is 5.82. The molecule has 3 aromatic rings. The number of nitrogens with zero attached hydrogens (tertiary/aromatic N) is 1. The summed E-state index contributed by atoms with van der Waals surface area (Å²) in [4.78, 5) is 28.6. The van der Waals surface area contributed by atoms with Crippen molar-refractivity contribution >= 4 is 12.1 Å². The summed E-state index contributed by atoms with van der Waals surface area (Å²) in [6.45, 7) is 7.53. The van der Waals surface area contributed by atoms with Crippen molar-refractivity contribution in [2.75, 3.05) is 13.2 Å². The molecular weight excluding hydrogens is 514 g/mol. The highest BCUT2D eigenvalue weighted by Gasteiger charge is 2.35. The molecule has 1 amide bonds. The number of hydrogen-bond acceptors (Lipinski definition) is 5. The van der Waals surface area contributed by atoms with E-state index < -0.39 is 24.1 Å². The topological polar surface area (TPSA) is 65.1 Å². The van der Waals surface area contributed by atoms with Crippen molar-refractivity contribution in [2.45, 2.75) is 65.3 Å². The van der Waals surface area contributed by atoms with Gasteiger partial charge in [-0.15, -0.1) is 0 Å². The second-order valence-corrected chi connectivity index (χ2v) is 10.2. The summed E-state index contributed by atoms with van der Waals surface area (Å²) in [5.74, 6) is -0.309. The average Bonchev–Trinajstić information content (AvgIpc) is 3.01. The van der Waals surface area contributed by atoms with Crippen LogP contribution in [0, 0.1) is 5.92 Å². The fourth-order valence-electron chi connectivity index (χ4n) is 4.41. The lowest BCUT2D eigenvalue weighted by Crippen LogP contribution is -2.47. The third-order valence-electron chi connectivity index (χ3n) is 6.78. The SMILES string of the molecule is CCCCOC(=O)[C@H](C/C=C/[C@@H](C)COCc1ccccc1)N(C(=O)OCc1ccccc1)[C@@H](C)c1ccccc1. The molecule has 0 aliphatic rings. The smallest absolute Gasteiger partial charge is 0.411 e. The van der Waals surface area contributed by atoms with Crippen LogP contribution in [-0.2, 0) is 32.2 Å². The Hall–Kier alpha value is -3.90. The number of carbonyl (C=O) groups is 2. The fraction of sp³-hybridized carbons (Fsp3) is 0.371. The van der Waals surface area contributed by atoms with Crippen molar-refractivity contribution in [1.29, 1.82) is 0 Å². The highest BCUT2D eigenvalue weighted by atomic mass is 16.6. The molecule has 0 aliphatic heterocycles. The van der Waals surface area contributed by atoms with Gasteiger partial charge in [0.2, 0.25) is 0 Å². The molecule has 0 saturated carbocycles. The summed E-state index contributed by atoms with van der Waals surface area (Å²) in [7, 11) is 0. The van der Waals surface area contributed by atoms with Gasteiger partial charge in [0.25, 0.3) is 0 Å². The van der Waals surface area contributed by atoms with Crippen molar-refractivity contribution in [3.8, 4) is 0 Å². The number of ether oxygens (including phenoxy) is 3. The molecule has 0 N–H and O–H groups in total. The summed E-state index contributed by atoms with van der Waals surface area (Å²) in [6.07, 6.45) is 5.37. The van der Waals surface area contributed by atoms with Crippen LogP contribution >= 0.6 is 0 Å². The number of unbranched alkanes of at least 4 members (excludes halogenated alkanes) is 1. The van der Waals surface area contributed by atoms with E-state index in [4.69, 9.17) is 14.2 Å². The van der Waals surface area contributed by atoms with E-state index in [1.807, 2.05) is 117 Å². The molecule has 6 nitrogen and oxygen atoms in total. The Bertz CT molecular complexity index is 1180. The summed E-state index contributed by atoms with van der Waals surface area (Å²) >= 11 is 0. The van der Waals surface area contributed by atoms with Crippen LogP contribution in [0.25, 0.3) is 0 Å². The van der Waals surface area contributed by atoms with Gasteiger partial charge in [-0.2, -0.15) is 0 Å². The second-order valence-electron chi connectivity index (χ2n) is 10.2. The molecular formula is C35H43NO5. The zero-order chi connectivity index (χ0) is 29.3. The van der Waals surface area contributed by atoms with E-state index >= 15 is 0 Å². The van der Waals surface area contributed by atoms with Crippen LogP contribution in [0.15, 0.2) is 103 Å². The van der Waals surface area contributed by atoms with Gasteiger partial charge in [-0.25, -0.2) is 9.59 Å². The number of hydrogen-bond donors (Lipinski definition) is 0. The van der Waals surface area contributed by atoms with Crippen LogP contribution in [0.2, 0.25) is 0 Å². The van der Waals surface area contributed by atoms with E-state index in [0.717, 1.165) is 29.5 Å². The van der Waals surface area contributed by atoms with E-state index in [2.05, 4.69) is 6.92 Å². The zero-order valence-corrected chi connectivity index (χ0v) is 24.5. The Morgan fingerprint density at radius 3 is 2.00 bits per heavy atom. The van der Waals surface area contributed by atoms with Crippen molar-refractivity contribution in [1.82, 2.24) is 4.90 Å². The fourth-order valence-corrected chi connectivity index (χ4v) is 4.41. The van der Waals surface area contributed by atoms with E-state index in [0.29, 0.717) is 26.2 Å². The maximum absolute atomic E-state index is 13.6. The third kappa shape index (κ3) is 10.9. The summed E-state index contributed by atoms with van der Waals surface area (Å²) in [5.41, 5.74) is 2.90. The van der Waals surface area contributed by atoms with E-state index in [1.54, 1.807) is 0 Å². The van der Waals surface area contributed by atoms with Crippen molar-refractivity contribution < 1.29 is 23.8 Å². The molecule has 0 aliphatic carbocycles. The van der Waals surface area contributed by atoms with Gasteiger partial charge < -0.3 is 14.2 Å². The maximum Gasteiger partial charge on any atom is 0.411 e.